The second-order valence-corrected chi connectivity index (χ2v) is 6.16. The molecule has 21 heavy (non-hydrogen) atoms. The van der Waals surface area contributed by atoms with Gasteiger partial charge < -0.3 is 9.80 Å². The maximum absolute atomic E-state index is 12.7. The molecule has 2 fully saturated rings. The lowest BCUT2D eigenvalue weighted by atomic mass is 9.92. The molecular formula is C17H18N2O2. The highest BCUT2D eigenvalue weighted by molar-refractivity contribution is 5.87. The lowest BCUT2D eigenvalue weighted by Gasteiger charge is -2.29. The first kappa shape index (κ1) is 12.6. The molecule has 0 bridgehead atoms. The summed E-state index contributed by atoms with van der Waals surface area (Å²) in [5, 5.41) is 0. The normalized spacial score (nSPS) is 30.8. The van der Waals surface area contributed by atoms with Crippen LogP contribution in [0.2, 0.25) is 0 Å². The average Bonchev–Trinajstić information content (AvgIpc) is 2.99. The summed E-state index contributed by atoms with van der Waals surface area (Å²) in [5.41, 5.74) is 1.16. The van der Waals surface area contributed by atoms with Crippen LogP contribution in [0.1, 0.15) is 12.0 Å². The number of carbonyl (C=O) groups excluding carboxylic acids is 2. The van der Waals surface area contributed by atoms with Crippen LogP contribution in [0.15, 0.2) is 42.5 Å². The zero-order valence-electron chi connectivity index (χ0n) is 11.8. The number of hydrogen-bond acceptors (Lipinski definition) is 2. The minimum Gasteiger partial charge on any atom is -0.338 e. The van der Waals surface area contributed by atoms with Crippen LogP contribution in [0.25, 0.3) is 0 Å². The molecule has 0 aromatic heterocycles. The average molecular weight is 282 g/mol. The van der Waals surface area contributed by atoms with E-state index in [1.807, 2.05) is 34.1 Å². The Bertz CT molecular complexity index is 610. The monoisotopic (exact) mass is 282 g/mol. The van der Waals surface area contributed by atoms with Crippen molar-refractivity contribution in [2.75, 3.05) is 13.1 Å². The van der Waals surface area contributed by atoms with Gasteiger partial charge in [-0.05, 0) is 5.56 Å². The van der Waals surface area contributed by atoms with E-state index < -0.39 is 0 Å². The molecule has 1 aromatic carbocycles. The topological polar surface area (TPSA) is 40.6 Å². The van der Waals surface area contributed by atoms with Gasteiger partial charge in [0.05, 0.1) is 12.0 Å². The highest BCUT2D eigenvalue weighted by Crippen LogP contribution is 2.39. The zero-order valence-corrected chi connectivity index (χ0v) is 11.8. The molecule has 4 heteroatoms. The van der Waals surface area contributed by atoms with Crippen LogP contribution in [0.4, 0.5) is 0 Å². The van der Waals surface area contributed by atoms with Gasteiger partial charge in [0.25, 0.3) is 0 Å². The first-order valence-electron chi connectivity index (χ1n) is 7.53. The smallest absolute Gasteiger partial charge is 0.228 e. The SMILES string of the molecule is O=C1[C@@H]2C3C=CCC(=O)N3C[C@@H]2CN1Cc1ccccc1. The van der Waals surface area contributed by atoms with Crippen molar-refractivity contribution in [1.82, 2.24) is 9.80 Å². The standard InChI is InChI=1S/C17H18N2O2/c20-15-8-4-7-14-16-13(11-19(14)15)10-18(17(16)21)9-12-5-2-1-3-6-12/h1-7,13-14,16H,8-11H2/t13-,14?,16-/m0/s1. The third-order valence-electron chi connectivity index (χ3n) is 4.88. The predicted molar refractivity (Wildman–Crippen MR) is 78.1 cm³/mol. The zero-order chi connectivity index (χ0) is 14.4. The number of rotatable bonds is 2. The van der Waals surface area contributed by atoms with E-state index in [1.54, 1.807) is 0 Å². The van der Waals surface area contributed by atoms with Gasteiger partial charge in [-0.25, -0.2) is 0 Å². The maximum atomic E-state index is 12.7. The third-order valence-corrected chi connectivity index (χ3v) is 4.88. The van der Waals surface area contributed by atoms with E-state index in [2.05, 4.69) is 18.2 Å². The van der Waals surface area contributed by atoms with Crippen molar-refractivity contribution < 1.29 is 9.59 Å². The molecule has 4 nitrogen and oxygen atoms in total. The van der Waals surface area contributed by atoms with Crippen molar-refractivity contribution in [3.8, 4) is 0 Å². The first-order chi connectivity index (χ1) is 10.2. The second kappa shape index (κ2) is 4.72. The van der Waals surface area contributed by atoms with Crippen LogP contribution < -0.4 is 0 Å². The van der Waals surface area contributed by atoms with Crippen LogP contribution >= 0.6 is 0 Å². The first-order valence-corrected chi connectivity index (χ1v) is 7.53. The minimum atomic E-state index is -0.0331. The molecule has 2 amide bonds. The van der Waals surface area contributed by atoms with E-state index in [0.717, 1.165) is 18.7 Å². The van der Waals surface area contributed by atoms with Gasteiger partial charge in [-0.3, -0.25) is 9.59 Å². The Hall–Kier alpha value is -2.10. The maximum Gasteiger partial charge on any atom is 0.228 e. The number of nitrogens with zero attached hydrogens (tertiary/aromatic N) is 2. The van der Waals surface area contributed by atoms with Crippen molar-refractivity contribution in [1.29, 1.82) is 0 Å². The Morgan fingerprint density at radius 2 is 1.90 bits per heavy atom. The van der Waals surface area contributed by atoms with Crippen molar-refractivity contribution in [2.45, 2.75) is 19.0 Å². The van der Waals surface area contributed by atoms with Crippen molar-refractivity contribution in [3.05, 3.63) is 48.0 Å². The minimum absolute atomic E-state index is 0.00970. The Morgan fingerprint density at radius 1 is 1.10 bits per heavy atom. The summed E-state index contributed by atoms with van der Waals surface area (Å²) in [6.45, 7) is 2.18. The molecule has 0 spiro atoms. The van der Waals surface area contributed by atoms with Gasteiger partial charge in [-0.1, -0.05) is 42.5 Å². The summed E-state index contributed by atoms with van der Waals surface area (Å²) in [6.07, 6.45) is 4.45. The fraction of sp³-hybridized carbons (Fsp3) is 0.412. The van der Waals surface area contributed by atoms with Crippen LogP contribution in [0.5, 0.6) is 0 Å². The molecule has 0 radical (unpaired) electrons. The van der Waals surface area contributed by atoms with Gasteiger partial charge in [-0.2, -0.15) is 0 Å². The molecule has 3 atom stereocenters. The van der Waals surface area contributed by atoms with Crippen molar-refractivity contribution >= 4 is 11.8 Å². The summed E-state index contributed by atoms with van der Waals surface area (Å²) in [7, 11) is 0. The van der Waals surface area contributed by atoms with Gasteiger partial charge in [-0.15, -0.1) is 0 Å². The number of amides is 2. The van der Waals surface area contributed by atoms with Crippen molar-refractivity contribution in [2.24, 2.45) is 11.8 Å². The highest BCUT2D eigenvalue weighted by Gasteiger charge is 2.52. The number of benzene rings is 1. The Balaban J connectivity index is 1.54. The largest absolute Gasteiger partial charge is 0.338 e. The molecule has 3 aliphatic rings. The predicted octanol–water partition coefficient (Wildman–Crippen LogP) is 1.43. The van der Waals surface area contributed by atoms with Gasteiger partial charge in [0.15, 0.2) is 0 Å². The quantitative estimate of drug-likeness (QED) is 0.770. The molecule has 0 saturated carbocycles. The summed E-state index contributed by atoms with van der Waals surface area (Å²) in [5.74, 6) is 0.627. The van der Waals surface area contributed by atoms with E-state index >= 15 is 0 Å². The van der Waals surface area contributed by atoms with Gasteiger partial charge >= 0.3 is 0 Å². The number of hydrogen-bond donors (Lipinski definition) is 0. The molecule has 2 saturated heterocycles. The van der Waals surface area contributed by atoms with E-state index in [9.17, 15) is 9.59 Å². The van der Waals surface area contributed by atoms with Crippen LogP contribution in [0, 0.1) is 11.8 Å². The number of carbonyl (C=O) groups is 2. The Morgan fingerprint density at radius 3 is 2.71 bits per heavy atom. The molecule has 3 aliphatic heterocycles. The molecule has 108 valence electrons. The van der Waals surface area contributed by atoms with E-state index in [-0.39, 0.29) is 29.7 Å². The molecule has 1 unspecified atom stereocenters. The molecule has 4 rings (SSSR count). The lowest BCUT2D eigenvalue weighted by molar-refractivity contribution is -0.135. The van der Waals surface area contributed by atoms with Gasteiger partial charge in [0.1, 0.15) is 0 Å². The second-order valence-electron chi connectivity index (χ2n) is 6.16. The van der Waals surface area contributed by atoms with E-state index in [1.165, 1.54) is 0 Å². The summed E-state index contributed by atoms with van der Waals surface area (Å²) in [6, 6.07) is 10.1. The van der Waals surface area contributed by atoms with Gasteiger partial charge in [0, 0.05) is 32.0 Å². The summed E-state index contributed by atoms with van der Waals surface area (Å²) < 4.78 is 0. The van der Waals surface area contributed by atoms with Crippen LogP contribution in [-0.2, 0) is 16.1 Å². The number of fused-ring (bicyclic) bond motifs is 3. The van der Waals surface area contributed by atoms with Crippen molar-refractivity contribution in [3.63, 3.8) is 0 Å². The van der Waals surface area contributed by atoms with Crippen LogP contribution in [0.3, 0.4) is 0 Å². The van der Waals surface area contributed by atoms with E-state index in [0.29, 0.717) is 13.0 Å². The van der Waals surface area contributed by atoms with Gasteiger partial charge in [0.2, 0.25) is 11.8 Å². The van der Waals surface area contributed by atoms with Crippen LogP contribution in [-0.4, -0.2) is 40.7 Å². The molecule has 0 N–H and O–H groups in total. The summed E-state index contributed by atoms with van der Waals surface area (Å²) in [4.78, 5) is 28.5. The third kappa shape index (κ3) is 1.97. The fourth-order valence-corrected chi connectivity index (χ4v) is 3.93. The Kier molecular flexibility index (Phi) is 2.84. The lowest BCUT2D eigenvalue weighted by Crippen LogP contribution is -2.42. The molecule has 1 aromatic rings. The van der Waals surface area contributed by atoms with E-state index in [4.69, 9.17) is 0 Å². The molecule has 0 aliphatic carbocycles. The Labute approximate surface area is 124 Å². The molecule has 3 heterocycles. The molecular weight excluding hydrogens is 264 g/mol. The number of likely N-dealkylation sites (tertiary alicyclic amines) is 1. The summed E-state index contributed by atoms with van der Waals surface area (Å²) >= 11 is 0. The highest BCUT2D eigenvalue weighted by atomic mass is 16.2. The fourth-order valence-electron chi connectivity index (χ4n) is 3.93.